The van der Waals surface area contributed by atoms with Gasteiger partial charge in [-0.15, -0.1) is 0 Å². The molecule has 11 fully saturated rings. The fourth-order valence-corrected chi connectivity index (χ4v) is 16.4. The quantitative estimate of drug-likeness (QED) is 0.0572. The smallest absolute Gasteiger partial charge is 0.312 e. The summed E-state index contributed by atoms with van der Waals surface area (Å²) >= 11 is 0. The highest BCUT2D eigenvalue weighted by molar-refractivity contribution is 6.13. The standard InChI is InChI=1S/C69H104N8O20/c1-38(2)59(74-55(80)16-20-75-22-26-88-28-24-76(25-29-89-27-23-75)56(81)17-21-77-57(82)13-14-58(77)83)67(85)73-48(8-7-19-71-68(70)86)66(84)72-37-43(79)34-53-60(87-6)47-33-42(78)32-45-10-12-50-61(92-45)65-64-63(94-50)62-54(95-64)36-69(96-62,97-65)18-15-46-31-40(4)49(90-46)11-9-44-30-39(3)41(5)51(91-44)35-52(47)93-53/h13-14,38-39,43-54,59-65,79H,4-5,7-12,15-37H2,1-3,6H3,(H,72,84)(H,73,85)(H,74,80)(H3,70,71,86)/t39-,43+,44+,45-,46+,47+,48+,49+,50+,51-,52+,53-,54-,59+,60-,61+,62+,63?,64?,65+,69+/m1/s1. The second kappa shape index (κ2) is 33.0. The van der Waals surface area contributed by atoms with Gasteiger partial charge in [0.1, 0.15) is 48.4 Å². The van der Waals surface area contributed by atoms with E-state index in [1.165, 1.54) is 12.2 Å². The van der Waals surface area contributed by atoms with Crippen molar-refractivity contribution < 1.29 is 95.6 Å². The van der Waals surface area contributed by atoms with E-state index >= 15 is 0 Å². The Morgan fingerprint density at radius 1 is 0.722 bits per heavy atom. The van der Waals surface area contributed by atoms with E-state index in [0.29, 0.717) is 65.0 Å². The fourth-order valence-electron chi connectivity index (χ4n) is 16.4. The lowest BCUT2D eigenvalue weighted by molar-refractivity contribution is -0.292. The van der Waals surface area contributed by atoms with Crippen molar-refractivity contribution in [3.63, 3.8) is 0 Å². The number of fused-ring (bicyclic) bond motifs is 6. The minimum absolute atomic E-state index is 0.0131. The third-order valence-corrected chi connectivity index (χ3v) is 21.7. The summed E-state index contributed by atoms with van der Waals surface area (Å²) in [6.45, 7) is 17.4. The number of primary amides is 1. The maximum absolute atomic E-state index is 14.7. The molecule has 0 aromatic heterocycles. The second-order valence-corrected chi connectivity index (χ2v) is 28.8. The number of Topliss-reactive ketones (excluding diaryl/α,β-unsaturated/α-hetero) is 1. The van der Waals surface area contributed by atoms with Gasteiger partial charge in [0.05, 0.1) is 93.6 Å². The van der Waals surface area contributed by atoms with E-state index in [2.05, 4.69) is 41.3 Å². The van der Waals surface area contributed by atoms with Gasteiger partial charge in [0.15, 0.2) is 5.79 Å². The Labute approximate surface area is 568 Å². The van der Waals surface area contributed by atoms with E-state index in [0.717, 1.165) is 48.2 Å². The maximum atomic E-state index is 14.7. The van der Waals surface area contributed by atoms with E-state index in [4.69, 9.17) is 57.8 Å². The molecule has 97 heavy (non-hydrogen) atoms. The summed E-state index contributed by atoms with van der Waals surface area (Å²) in [4.78, 5) is 110. The predicted molar refractivity (Wildman–Crippen MR) is 345 cm³/mol. The van der Waals surface area contributed by atoms with E-state index in [1.807, 2.05) is 4.90 Å². The van der Waals surface area contributed by atoms with Gasteiger partial charge in [0.2, 0.25) is 23.6 Å². The zero-order chi connectivity index (χ0) is 68.7. The molecule has 0 saturated carbocycles. The minimum Gasteiger partial charge on any atom is -0.391 e. The van der Waals surface area contributed by atoms with Crippen molar-refractivity contribution in [3.8, 4) is 0 Å². The molecule has 12 heterocycles. The molecule has 12 aliphatic rings. The van der Waals surface area contributed by atoms with Crippen LogP contribution in [0.2, 0.25) is 0 Å². The number of hydrogen-bond donors (Lipinski definition) is 6. The van der Waals surface area contributed by atoms with Crippen molar-refractivity contribution in [2.24, 2.45) is 23.5 Å². The number of aliphatic hydroxyl groups excluding tert-OH is 1. The Morgan fingerprint density at radius 2 is 1.41 bits per heavy atom. The van der Waals surface area contributed by atoms with Crippen molar-refractivity contribution in [1.29, 1.82) is 0 Å². The Hall–Kier alpha value is -5.34. The summed E-state index contributed by atoms with van der Waals surface area (Å²) in [5.74, 6) is -4.37. The average Bonchev–Trinajstić information content (AvgIpc) is 1.55. The van der Waals surface area contributed by atoms with Crippen LogP contribution in [0, 0.1) is 17.8 Å². The molecule has 12 bridgehead atoms. The molecule has 8 amide bonds. The molecule has 1 spiro atoms. The summed E-state index contributed by atoms with van der Waals surface area (Å²) in [7, 11) is 1.57. The van der Waals surface area contributed by atoms with E-state index in [9.17, 15) is 43.5 Å². The van der Waals surface area contributed by atoms with Crippen molar-refractivity contribution in [2.45, 2.75) is 245 Å². The molecule has 2 unspecified atom stereocenters. The molecule has 11 saturated heterocycles. The minimum atomic E-state index is -1.18. The molecule has 12 aliphatic heterocycles. The summed E-state index contributed by atoms with van der Waals surface area (Å²) in [5, 5.41) is 22.9. The topological polar surface area (TPSA) is 342 Å². The van der Waals surface area contributed by atoms with Gasteiger partial charge < -0.3 is 89.1 Å². The molecule has 28 heteroatoms. The number of nitrogens with one attached hydrogen (secondary N) is 4. The molecule has 0 aromatic rings. The fraction of sp³-hybridized carbons (Fsp3) is 0.797. The van der Waals surface area contributed by atoms with Crippen LogP contribution in [-0.4, -0.2) is 268 Å². The molecular formula is C69H104N8O20. The van der Waals surface area contributed by atoms with Gasteiger partial charge in [-0.2, -0.15) is 0 Å². The Morgan fingerprint density at radius 3 is 2.14 bits per heavy atom. The number of nitrogens with two attached hydrogens (primary N) is 1. The van der Waals surface area contributed by atoms with E-state index < -0.39 is 114 Å². The van der Waals surface area contributed by atoms with Crippen molar-refractivity contribution in [1.82, 2.24) is 36.0 Å². The molecule has 0 aliphatic carbocycles. The number of carbonyl (C=O) groups excluding carboxylic acids is 8. The first kappa shape index (κ1) is 72.9. The van der Waals surface area contributed by atoms with Crippen molar-refractivity contribution in [3.05, 3.63) is 36.5 Å². The summed E-state index contributed by atoms with van der Waals surface area (Å²) in [5.41, 5.74) is 7.36. The van der Waals surface area contributed by atoms with Crippen LogP contribution < -0.4 is 27.0 Å². The van der Waals surface area contributed by atoms with Gasteiger partial charge in [-0.05, 0) is 80.8 Å². The summed E-state index contributed by atoms with van der Waals surface area (Å²) in [6.07, 6.45) is 3.29. The van der Waals surface area contributed by atoms with Gasteiger partial charge in [-0.1, -0.05) is 33.9 Å². The number of amides is 8. The Bertz CT molecular complexity index is 2850. The Kier molecular flexibility index (Phi) is 24.8. The van der Waals surface area contributed by atoms with Crippen LogP contribution in [0.1, 0.15) is 130 Å². The summed E-state index contributed by atoms with van der Waals surface area (Å²) < 4.78 is 72.8. The SMILES string of the molecule is C=C1C[C@@H]2CC[C@@]34C[C@H]5OC6C(O[C@H]7CC[C@H](CC(=O)C[C@@H]8[C@@H](OC)[C@@H](C[C@H](O)CNC(=O)[C@H](CCCNC(N)=O)NC(=O)[C@@H](NC(=O)CCN9CCOCCN(C(=O)CCN%10C(=O)C=CC%10=O)CCOCC9)C(C)C)O[C@H]8C[C@H]8O[C@@H](CC[C@@H]1O2)C[C@@H](C)C8=C)O[C@@H]7[C@@H]6O3)[C@H]5O4. The number of methoxy groups -OCH3 is 1. The van der Waals surface area contributed by atoms with Gasteiger partial charge >= 0.3 is 6.03 Å². The second-order valence-electron chi connectivity index (χ2n) is 28.8. The number of rotatable bonds is 20. The predicted octanol–water partition coefficient (Wildman–Crippen LogP) is 1.55. The molecule has 0 radical (unpaired) electrons. The van der Waals surface area contributed by atoms with Crippen LogP contribution in [0.4, 0.5) is 4.79 Å². The van der Waals surface area contributed by atoms with Crippen LogP contribution in [-0.2, 0) is 85.7 Å². The monoisotopic (exact) mass is 1360 g/mol. The number of imide groups is 1. The van der Waals surface area contributed by atoms with Crippen LogP contribution in [0.25, 0.3) is 0 Å². The van der Waals surface area contributed by atoms with Gasteiger partial charge in [0, 0.05) is 129 Å². The van der Waals surface area contributed by atoms with Gasteiger partial charge in [-0.25, -0.2) is 4.79 Å². The highest BCUT2D eigenvalue weighted by atomic mass is 16.8. The third kappa shape index (κ3) is 18.1. The van der Waals surface area contributed by atoms with E-state index in [-0.39, 0.29) is 157 Å². The van der Waals surface area contributed by atoms with Crippen LogP contribution in [0.15, 0.2) is 36.5 Å². The molecular weight excluding hydrogens is 1260 g/mol. The lowest BCUT2D eigenvalue weighted by Gasteiger charge is -2.47. The number of nitrogens with zero attached hydrogens (tertiary/aromatic N) is 3. The first-order chi connectivity index (χ1) is 46.6. The number of carbonyl (C=O) groups is 8. The summed E-state index contributed by atoms with van der Waals surface area (Å²) in [6, 6.07) is -2.95. The highest BCUT2D eigenvalue weighted by Gasteiger charge is 2.69. The first-order valence-corrected chi connectivity index (χ1v) is 35.6. The van der Waals surface area contributed by atoms with Crippen LogP contribution >= 0.6 is 0 Å². The molecule has 12 rings (SSSR count). The lowest BCUT2D eigenvalue weighted by Crippen LogP contribution is -2.61. The number of ether oxygens (including phenoxy) is 11. The Balaban J connectivity index is 0.699. The molecule has 540 valence electrons. The highest BCUT2D eigenvalue weighted by Crippen LogP contribution is 2.54. The number of aliphatic hydroxyl groups is 1. The van der Waals surface area contributed by atoms with Gasteiger partial charge in [0.25, 0.3) is 11.8 Å². The zero-order valence-corrected chi connectivity index (χ0v) is 56.8. The normalized spacial score (nSPS) is 36.6. The molecule has 21 atom stereocenters. The largest absolute Gasteiger partial charge is 0.391 e. The lowest BCUT2D eigenvalue weighted by atomic mass is 9.81. The van der Waals surface area contributed by atoms with Gasteiger partial charge in [-0.3, -0.25) is 43.4 Å². The number of hydrogen-bond acceptors (Lipinski definition) is 21. The molecule has 7 N–H and O–H groups in total. The average molecular weight is 1370 g/mol. The van der Waals surface area contributed by atoms with Crippen LogP contribution in [0.5, 0.6) is 0 Å². The molecule has 28 nitrogen and oxygen atoms in total. The van der Waals surface area contributed by atoms with E-state index in [1.54, 1.807) is 25.9 Å². The third-order valence-electron chi connectivity index (χ3n) is 21.7. The van der Waals surface area contributed by atoms with Crippen molar-refractivity contribution in [2.75, 3.05) is 85.9 Å². The molecule has 0 aromatic carbocycles. The number of ketones is 1. The maximum Gasteiger partial charge on any atom is 0.312 e. The van der Waals surface area contributed by atoms with Crippen LogP contribution in [0.3, 0.4) is 0 Å². The number of urea groups is 1. The zero-order valence-electron chi connectivity index (χ0n) is 56.8. The van der Waals surface area contributed by atoms with Crippen molar-refractivity contribution >= 4 is 47.3 Å². The first-order valence-electron chi connectivity index (χ1n) is 35.6.